The zero-order valence-corrected chi connectivity index (χ0v) is 11.3. The first kappa shape index (κ1) is 11.9. The Hall–Kier alpha value is -0.890. The van der Waals surface area contributed by atoms with E-state index < -0.39 is 0 Å². The Morgan fingerprint density at radius 1 is 0.947 bits per heavy atom. The van der Waals surface area contributed by atoms with Gasteiger partial charge in [-0.2, -0.15) is 0 Å². The van der Waals surface area contributed by atoms with E-state index in [9.17, 15) is 4.39 Å². The molecule has 0 aliphatic heterocycles. The lowest BCUT2D eigenvalue weighted by molar-refractivity contribution is -0.0567. The van der Waals surface area contributed by atoms with Gasteiger partial charge in [0.05, 0.1) is 0 Å². The molecular formula is C17H22FN. The number of halogens is 1. The molecule has 0 amide bonds. The van der Waals surface area contributed by atoms with Crippen LogP contribution in [0.4, 0.5) is 4.39 Å². The molecule has 19 heavy (non-hydrogen) atoms. The van der Waals surface area contributed by atoms with E-state index in [1.807, 2.05) is 12.1 Å². The lowest BCUT2D eigenvalue weighted by Gasteiger charge is -2.61. The summed E-state index contributed by atoms with van der Waals surface area (Å²) in [6, 6.07) is 7.20. The maximum atomic E-state index is 13.2. The Balaban J connectivity index is 1.79. The molecular weight excluding hydrogens is 237 g/mol. The molecule has 0 atom stereocenters. The van der Waals surface area contributed by atoms with Gasteiger partial charge in [0.2, 0.25) is 0 Å². The average molecular weight is 259 g/mol. The van der Waals surface area contributed by atoms with Crippen LogP contribution in [0.3, 0.4) is 0 Å². The van der Waals surface area contributed by atoms with Crippen molar-refractivity contribution in [3.8, 4) is 0 Å². The first-order valence-corrected chi connectivity index (χ1v) is 7.68. The topological polar surface area (TPSA) is 26.0 Å². The fourth-order valence-corrected chi connectivity index (χ4v) is 5.71. The SMILES string of the molecule is NCC1(c2ccc(F)cc2)C2CC3CC(C2)CC1C3. The number of benzene rings is 1. The molecule has 0 spiro atoms. The molecule has 0 aromatic heterocycles. The average Bonchev–Trinajstić information content (AvgIpc) is 2.40. The third-order valence-electron chi connectivity index (χ3n) is 6.31. The van der Waals surface area contributed by atoms with Crippen LogP contribution < -0.4 is 5.73 Å². The zero-order valence-electron chi connectivity index (χ0n) is 11.3. The van der Waals surface area contributed by atoms with Crippen LogP contribution >= 0.6 is 0 Å². The number of nitrogens with two attached hydrogens (primary N) is 1. The van der Waals surface area contributed by atoms with Crippen LogP contribution in [0.1, 0.15) is 37.7 Å². The van der Waals surface area contributed by atoms with Gasteiger partial charge in [-0.1, -0.05) is 12.1 Å². The lowest BCUT2D eigenvalue weighted by Crippen LogP contribution is -2.58. The van der Waals surface area contributed by atoms with Crippen molar-refractivity contribution in [1.82, 2.24) is 0 Å². The van der Waals surface area contributed by atoms with Crippen molar-refractivity contribution in [3.05, 3.63) is 35.6 Å². The third kappa shape index (κ3) is 1.56. The predicted octanol–water partition coefficient (Wildman–Crippen LogP) is 3.48. The molecule has 1 aromatic carbocycles. The van der Waals surface area contributed by atoms with Gasteiger partial charge >= 0.3 is 0 Å². The summed E-state index contributed by atoms with van der Waals surface area (Å²) in [5, 5.41) is 0. The Labute approximate surface area is 114 Å². The van der Waals surface area contributed by atoms with Crippen molar-refractivity contribution in [2.75, 3.05) is 6.54 Å². The Bertz CT molecular complexity index is 451. The Morgan fingerprint density at radius 2 is 1.47 bits per heavy atom. The van der Waals surface area contributed by atoms with Gasteiger partial charge in [0.15, 0.2) is 0 Å². The monoisotopic (exact) mass is 259 g/mol. The van der Waals surface area contributed by atoms with E-state index in [4.69, 9.17) is 5.73 Å². The molecule has 5 rings (SSSR count). The highest BCUT2D eigenvalue weighted by Gasteiger charge is 2.56. The lowest BCUT2D eigenvalue weighted by atomic mass is 9.44. The van der Waals surface area contributed by atoms with Gasteiger partial charge in [-0.05, 0) is 73.5 Å². The Morgan fingerprint density at radius 3 is 1.95 bits per heavy atom. The highest BCUT2D eigenvalue weighted by Crippen LogP contribution is 2.62. The molecule has 4 aliphatic carbocycles. The smallest absolute Gasteiger partial charge is 0.123 e. The van der Waals surface area contributed by atoms with E-state index >= 15 is 0 Å². The predicted molar refractivity (Wildman–Crippen MR) is 74.2 cm³/mol. The van der Waals surface area contributed by atoms with Gasteiger partial charge in [-0.3, -0.25) is 0 Å². The molecule has 2 heteroatoms. The number of hydrogen-bond donors (Lipinski definition) is 1. The quantitative estimate of drug-likeness (QED) is 0.864. The highest BCUT2D eigenvalue weighted by molar-refractivity contribution is 5.32. The fourth-order valence-electron chi connectivity index (χ4n) is 5.71. The van der Waals surface area contributed by atoms with E-state index in [1.165, 1.54) is 37.7 Å². The molecule has 4 bridgehead atoms. The normalized spacial score (nSPS) is 43.7. The Kier molecular flexibility index (Phi) is 2.54. The molecule has 1 nitrogen and oxygen atoms in total. The molecule has 102 valence electrons. The maximum Gasteiger partial charge on any atom is 0.123 e. The summed E-state index contributed by atoms with van der Waals surface area (Å²) < 4.78 is 13.2. The van der Waals surface area contributed by atoms with Crippen LogP contribution in [0.5, 0.6) is 0 Å². The molecule has 0 saturated heterocycles. The molecule has 0 radical (unpaired) electrons. The summed E-state index contributed by atoms with van der Waals surface area (Å²) in [5.41, 5.74) is 7.70. The minimum absolute atomic E-state index is 0.139. The van der Waals surface area contributed by atoms with E-state index in [2.05, 4.69) is 0 Å². The van der Waals surface area contributed by atoms with Crippen molar-refractivity contribution in [1.29, 1.82) is 0 Å². The zero-order chi connectivity index (χ0) is 13.0. The molecule has 2 N–H and O–H groups in total. The molecule has 4 saturated carbocycles. The largest absolute Gasteiger partial charge is 0.330 e. The van der Waals surface area contributed by atoms with E-state index in [-0.39, 0.29) is 11.2 Å². The first-order valence-electron chi connectivity index (χ1n) is 7.68. The van der Waals surface area contributed by atoms with Crippen LogP contribution in [-0.4, -0.2) is 6.54 Å². The molecule has 4 aliphatic rings. The third-order valence-corrected chi connectivity index (χ3v) is 6.31. The van der Waals surface area contributed by atoms with Crippen LogP contribution in [0.2, 0.25) is 0 Å². The van der Waals surface area contributed by atoms with Crippen LogP contribution in [0.15, 0.2) is 24.3 Å². The summed E-state index contributed by atoms with van der Waals surface area (Å²) in [6.45, 7) is 0.730. The number of rotatable bonds is 2. The summed E-state index contributed by atoms with van der Waals surface area (Å²) in [4.78, 5) is 0. The van der Waals surface area contributed by atoms with Crippen molar-refractivity contribution < 1.29 is 4.39 Å². The second kappa shape index (κ2) is 4.05. The number of hydrogen-bond acceptors (Lipinski definition) is 1. The fraction of sp³-hybridized carbons (Fsp3) is 0.647. The maximum absolute atomic E-state index is 13.2. The van der Waals surface area contributed by atoms with Crippen molar-refractivity contribution >= 4 is 0 Å². The van der Waals surface area contributed by atoms with Gasteiger partial charge in [0, 0.05) is 12.0 Å². The summed E-state index contributed by atoms with van der Waals surface area (Å²) >= 11 is 0. The van der Waals surface area contributed by atoms with E-state index in [0.717, 1.165) is 30.2 Å². The van der Waals surface area contributed by atoms with Gasteiger partial charge < -0.3 is 5.73 Å². The minimum Gasteiger partial charge on any atom is -0.330 e. The van der Waals surface area contributed by atoms with Crippen molar-refractivity contribution in [2.24, 2.45) is 29.4 Å². The first-order chi connectivity index (χ1) is 9.22. The van der Waals surface area contributed by atoms with E-state index in [1.54, 1.807) is 12.1 Å². The van der Waals surface area contributed by atoms with Gasteiger partial charge in [-0.15, -0.1) is 0 Å². The summed E-state index contributed by atoms with van der Waals surface area (Å²) in [5.74, 6) is 3.23. The standard InChI is InChI=1S/C17H22FN/c18-16-3-1-13(2-4-16)17(10-19)14-6-11-5-12(8-14)9-15(17)7-11/h1-4,11-12,14-15H,5-10,19H2. The van der Waals surface area contributed by atoms with Crippen LogP contribution in [0.25, 0.3) is 0 Å². The van der Waals surface area contributed by atoms with Crippen LogP contribution in [-0.2, 0) is 5.41 Å². The molecule has 0 unspecified atom stereocenters. The van der Waals surface area contributed by atoms with Gasteiger partial charge in [0.25, 0.3) is 0 Å². The minimum atomic E-state index is -0.139. The second-order valence-electron chi connectivity index (χ2n) is 7.06. The molecule has 1 aromatic rings. The van der Waals surface area contributed by atoms with Gasteiger partial charge in [0.1, 0.15) is 5.82 Å². The summed E-state index contributed by atoms with van der Waals surface area (Å²) in [7, 11) is 0. The van der Waals surface area contributed by atoms with Gasteiger partial charge in [-0.25, -0.2) is 4.39 Å². The van der Waals surface area contributed by atoms with Crippen molar-refractivity contribution in [3.63, 3.8) is 0 Å². The van der Waals surface area contributed by atoms with Crippen LogP contribution in [0, 0.1) is 29.5 Å². The second-order valence-corrected chi connectivity index (χ2v) is 7.06. The van der Waals surface area contributed by atoms with Crippen molar-refractivity contribution in [2.45, 2.75) is 37.5 Å². The van der Waals surface area contributed by atoms with E-state index in [0.29, 0.717) is 0 Å². The summed E-state index contributed by atoms with van der Waals surface area (Å²) in [6.07, 6.45) is 6.85. The molecule has 4 fully saturated rings. The molecule has 0 heterocycles. The highest BCUT2D eigenvalue weighted by atomic mass is 19.1.